The minimum absolute atomic E-state index is 0.0522. The first-order valence-electron chi connectivity index (χ1n) is 6.00. The Kier molecular flexibility index (Phi) is 2.98. The largest absolute Gasteiger partial charge is 0.358 e. The molecule has 1 unspecified atom stereocenters. The van der Waals surface area contributed by atoms with Gasteiger partial charge in [0.2, 0.25) is 0 Å². The molecule has 3 nitrogen and oxygen atoms in total. The van der Waals surface area contributed by atoms with Crippen molar-refractivity contribution < 1.29 is 0 Å². The van der Waals surface area contributed by atoms with Gasteiger partial charge in [-0.1, -0.05) is 32.0 Å². The van der Waals surface area contributed by atoms with Crippen LogP contribution >= 0.6 is 0 Å². The van der Waals surface area contributed by atoms with Gasteiger partial charge >= 0.3 is 0 Å². The second-order valence-electron chi connectivity index (χ2n) is 5.38. The zero-order valence-corrected chi connectivity index (χ0v) is 10.7. The summed E-state index contributed by atoms with van der Waals surface area (Å²) in [6.45, 7) is 6.87. The van der Waals surface area contributed by atoms with Crippen LogP contribution in [-0.4, -0.2) is 11.5 Å². The molecule has 0 amide bonds. The molecule has 0 saturated carbocycles. The van der Waals surface area contributed by atoms with Crippen molar-refractivity contribution in [3.8, 4) is 0 Å². The monoisotopic (exact) mass is 231 g/mol. The molecule has 0 spiro atoms. The second-order valence-corrected chi connectivity index (χ2v) is 5.38. The molecule has 0 saturated heterocycles. The average molecular weight is 231 g/mol. The first-order chi connectivity index (χ1) is 7.97. The van der Waals surface area contributed by atoms with Crippen molar-refractivity contribution in [2.24, 2.45) is 16.9 Å². The molecule has 1 aromatic heterocycles. The summed E-state index contributed by atoms with van der Waals surface area (Å²) >= 11 is 0. The van der Waals surface area contributed by atoms with Gasteiger partial charge in [0.05, 0.1) is 0 Å². The summed E-state index contributed by atoms with van der Waals surface area (Å²) < 4.78 is 0. The Morgan fingerprint density at radius 3 is 2.59 bits per heavy atom. The number of aromatic amines is 1. The molecule has 2 rings (SSSR count). The van der Waals surface area contributed by atoms with E-state index in [2.05, 4.69) is 37.9 Å². The number of rotatable bonds is 3. The lowest BCUT2D eigenvalue weighted by Crippen LogP contribution is -2.36. The van der Waals surface area contributed by atoms with Crippen LogP contribution < -0.4 is 11.5 Å². The van der Waals surface area contributed by atoms with Crippen LogP contribution in [0.25, 0.3) is 10.9 Å². The number of hydrogen-bond donors (Lipinski definition) is 3. The van der Waals surface area contributed by atoms with Crippen molar-refractivity contribution in [1.82, 2.24) is 4.98 Å². The van der Waals surface area contributed by atoms with Gasteiger partial charge in [-0.2, -0.15) is 0 Å². The molecule has 0 fully saturated rings. The number of benzene rings is 1. The Labute approximate surface area is 102 Å². The molecule has 1 atom stereocenters. The van der Waals surface area contributed by atoms with E-state index < -0.39 is 0 Å². The number of aryl methyl sites for hydroxylation is 1. The number of nitrogens with two attached hydrogens (primary N) is 2. The maximum atomic E-state index is 6.39. The summed E-state index contributed by atoms with van der Waals surface area (Å²) in [5.74, 6) is 0. The standard InChI is InChI=1S/C14H21N3/c1-9-12(13(16)14(2,3)8-15)10-6-4-5-7-11(10)17-9/h4-7,13,17H,8,15-16H2,1-3H3. The molecule has 17 heavy (non-hydrogen) atoms. The van der Waals surface area contributed by atoms with Crippen LogP contribution in [0.2, 0.25) is 0 Å². The number of hydrogen-bond acceptors (Lipinski definition) is 2. The van der Waals surface area contributed by atoms with E-state index in [9.17, 15) is 0 Å². The zero-order valence-electron chi connectivity index (χ0n) is 10.7. The molecule has 1 heterocycles. The molecular weight excluding hydrogens is 210 g/mol. The highest BCUT2D eigenvalue weighted by atomic mass is 14.8. The zero-order chi connectivity index (χ0) is 12.6. The van der Waals surface area contributed by atoms with Crippen molar-refractivity contribution in [3.05, 3.63) is 35.5 Å². The molecule has 0 aliphatic rings. The quantitative estimate of drug-likeness (QED) is 0.759. The van der Waals surface area contributed by atoms with Crippen molar-refractivity contribution >= 4 is 10.9 Å². The van der Waals surface area contributed by atoms with Gasteiger partial charge in [0.1, 0.15) is 0 Å². The summed E-state index contributed by atoms with van der Waals surface area (Å²) in [5, 5.41) is 1.21. The number of H-pyrrole nitrogens is 1. The van der Waals surface area contributed by atoms with Gasteiger partial charge in [-0.25, -0.2) is 0 Å². The molecule has 5 N–H and O–H groups in total. The molecular formula is C14H21N3. The van der Waals surface area contributed by atoms with Gasteiger partial charge in [0.15, 0.2) is 0 Å². The van der Waals surface area contributed by atoms with Crippen LogP contribution in [0.5, 0.6) is 0 Å². The van der Waals surface area contributed by atoms with E-state index in [0.29, 0.717) is 6.54 Å². The fourth-order valence-electron chi connectivity index (χ4n) is 2.22. The van der Waals surface area contributed by atoms with Gasteiger partial charge in [-0.15, -0.1) is 0 Å². The van der Waals surface area contributed by atoms with Crippen LogP contribution in [0.15, 0.2) is 24.3 Å². The van der Waals surface area contributed by atoms with E-state index in [1.165, 1.54) is 10.9 Å². The molecule has 0 bridgehead atoms. The van der Waals surface area contributed by atoms with E-state index >= 15 is 0 Å². The lowest BCUT2D eigenvalue weighted by Gasteiger charge is -2.30. The van der Waals surface area contributed by atoms with Crippen molar-refractivity contribution in [1.29, 1.82) is 0 Å². The fraction of sp³-hybridized carbons (Fsp3) is 0.429. The van der Waals surface area contributed by atoms with Crippen LogP contribution in [0, 0.1) is 12.3 Å². The molecule has 0 aliphatic heterocycles. The minimum atomic E-state index is -0.101. The van der Waals surface area contributed by atoms with Crippen molar-refractivity contribution in [2.45, 2.75) is 26.8 Å². The van der Waals surface area contributed by atoms with Crippen LogP contribution in [-0.2, 0) is 0 Å². The van der Waals surface area contributed by atoms with Gasteiger partial charge in [0.25, 0.3) is 0 Å². The summed E-state index contributed by atoms with van der Waals surface area (Å²) in [7, 11) is 0. The van der Waals surface area contributed by atoms with Gasteiger partial charge in [-0.05, 0) is 30.5 Å². The Balaban J connectivity index is 2.59. The summed E-state index contributed by atoms with van der Waals surface area (Å²) in [4.78, 5) is 3.38. The Morgan fingerprint density at radius 2 is 1.94 bits per heavy atom. The second kappa shape index (κ2) is 4.17. The average Bonchev–Trinajstić information content (AvgIpc) is 2.64. The van der Waals surface area contributed by atoms with Gasteiger partial charge in [-0.3, -0.25) is 0 Å². The number of para-hydroxylation sites is 1. The van der Waals surface area contributed by atoms with E-state index in [4.69, 9.17) is 11.5 Å². The van der Waals surface area contributed by atoms with E-state index in [1.54, 1.807) is 0 Å². The minimum Gasteiger partial charge on any atom is -0.358 e. The Hall–Kier alpha value is -1.32. The summed E-state index contributed by atoms with van der Waals surface area (Å²) in [6.07, 6.45) is 0. The van der Waals surface area contributed by atoms with E-state index in [1.807, 2.05) is 12.1 Å². The van der Waals surface area contributed by atoms with Gasteiger partial charge in [0, 0.05) is 22.6 Å². The molecule has 0 aliphatic carbocycles. The van der Waals surface area contributed by atoms with Crippen LogP contribution in [0.3, 0.4) is 0 Å². The van der Waals surface area contributed by atoms with Crippen LogP contribution in [0.1, 0.15) is 31.1 Å². The SMILES string of the molecule is Cc1[nH]c2ccccc2c1C(N)C(C)(C)CN. The number of aromatic nitrogens is 1. The normalized spacial score (nSPS) is 14.2. The fourth-order valence-corrected chi connectivity index (χ4v) is 2.22. The van der Waals surface area contributed by atoms with Crippen molar-refractivity contribution in [3.63, 3.8) is 0 Å². The maximum absolute atomic E-state index is 6.39. The third-order valence-electron chi connectivity index (χ3n) is 3.62. The molecule has 3 heteroatoms. The first kappa shape index (κ1) is 12.1. The predicted molar refractivity (Wildman–Crippen MR) is 72.8 cm³/mol. The molecule has 92 valence electrons. The molecule has 2 aromatic rings. The Bertz CT molecular complexity index is 525. The summed E-state index contributed by atoms with van der Waals surface area (Å²) in [5.41, 5.74) is 15.6. The summed E-state index contributed by atoms with van der Waals surface area (Å²) in [6, 6.07) is 8.21. The predicted octanol–water partition coefficient (Wildman–Crippen LogP) is 2.46. The third kappa shape index (κ3) is 1.96. The highest BCUT2D eigenvalue weighted by Crippen LogP contribution is 2.36. The lowest BCUT2D eigenvalue weighted by atomic mass is 9.80. The highest BCUT2D eigenvalue weighted by molar-refractivity contribution is 5.85. The molecule has 0 radical (unpaired) electrons. The molecule has 1 aromatic carbocycles. The number of fused-ring (bicyclic) bond motifs is 1. The Morgan fingerprint density at radius 1 is 1.29 bits per heavy atom. The number of nitrogens with one attached hydrogen (secondary N) is 1. The third-order valence-corrected chi connectivity index (χ3v) is 3.62. The van der Waals surface area contributed by atoms with Crippen LogP contribution in [0.4, 0.5) is 0 Å². The van der Waals surface area contributed by atoms with Gasteiger partial charge < -0.3 is 16.5 Å². The van der Waals surface area contributed by atoms with Crippen molar-refractivity contribution in [2.75, 3.05) is 6.54 Å². The maximum Gasteiger partial charge on any atom is 0.0459 e. The lowest BCUT2D eigenvalue weighted by molar-refractivity contribution is 0.302. The topological polar surface area (TPSA) is 67.8 Å². The highest BCUT2D eigenvalue weighted by Gasteiger charge is 2.29. The van der Waals surface area contributed by atoms with E-state index in [0.717, 1.165) is 11.2 Å². The first-order valence-corrected chi connectivity index (χ1v) is 6.00. The smallest absolute Gasteiger partial charge is 0.0459 e. The van der Waals surface area contributed by atoms with E-state index in [-0.39, 0.29) is 11.5 Å².